The van der Waals surface area contributed by atoms with Crippen LogP contribution in [0.2, 0.25) is 0 Å². The zero-order valence-electron chi connectivity index (χ0n) is 54.7. The lowest BCUT2D eigenvalue weighted by Gasteiger charge is -2.47. The summed E-state index contributed by atoms with van der Waals surface area (Å²) in [5.74, 6) is 3.05. The van der Waals surface area contributed by atoms with E-state index in [1.54, 1.807) is 0 Å². The van der Waals surface area contributed by atoms with Crippen molar-refractivity contribution in [1.29, 1.82) is 0 Å². The predicted octanol–water partition coefficient (Wildman–Crippen LogP) is 15.8. The van der Waals surface area contributed by atoms with E-state index in [2.05, 4.69) is 196 Å². The van der Waals surface area contributed by atoms with Gasteiger partial charge >= 0.3 is 0 Å². The minimum Gasteiger partial charge on any atom is -0.324 e. The van der Waals surface area contributed by atoms with Gasteiger partial charge in [0, 0.05) is 101 Å². The standard InChI is InChI=1S/2C18H40N2.2C14H32N2/c1-15(2)11-19(12-16(3)4)9-10-20(13-17(5)6)14-18(7)8;1-5-9-13-19(14-10-6-2)17-18-20(15-11-7-3)16-12-8-4;1-11(2)15(12(3)4)9-10-16(13(5)6)14(7)8;1-5-9-13(15,10-6-2)14(16,11-7-3)12-8-4/h15-18H,9-14H2,1-8H3;5-18H2,1-4H3;11-14H,9-10H2,1-8H3;5-12,15-16H2,1-4H3. The number of rotatable bonds is 42. The van der Waals surface area contributed by atoms with E-state index in [0.29, 0.717) is 24.2 Å². The molecule has 0 aromatic rings. The van der Waals surface area contributed by atoms with Crippen LogP contribution in [0, 0.1) is 23.7 Å². The lowest BCUT2D eigenvalue weighted by Crippen LogP contribution is -2.65. The first-order chi connectivity index (χ1) is 33.7. The zero-order valence-corrected chi connectivity index (χ0v) is 54.7. The highest BCUT2D eigenvalue weighted by Crippen LogP contribution is 2.34. The maximum Gasteiger partial charge on any atom is 0.0336 e. The summed E-state index contributed by atoms with van der Waals surface area (Å²) in [5, 5.41) is 0. The fourth-order valence-electron chi connectivity index (χ4n) is 10.8. The summed E-state index contributed by atoms with van der Waals surface area (Å²) in [4.78, 5) is 15.8. The first-order valence-electron chi connectivity index (χ1n) is 31.7. The number of nitrogens with zero attached hydrogens (tertiary/aromatic N) is 6. The van der Waals surface area contributed by atoms with E-state index in [1.165, 1.54) is 143 Å². The molecule has 0 saturated carbocycles. The molecule has 8 nitrogen and oxygen atoms in total. The molecule has 0 unspecified atom stereocenters. The molecule has 0 bridgehead atoms. The fraction of sp³-hybridized carbons (Fsp3) is 1.00. The summed E-state index contributed by atoms with van der Waals surface area (Å²) in [6.07, 6.45) is 19.4. The van der Waals surface area contributed by atoms with Crippen LogP contribution in [0.3, 0.4) is 0 Å². The van der Waals surface area contributed by atoms with Gasteiger partial charge in [-0.3, -0.25) is 9.80 Å². The molecular weight excluding hydrogens is 881 g/mol. The van der Waals surface area contributed by atoms with Gasteiger partial charge in [0.25, 0.3) is 0 Å². The van der Waals surface area contributed by atoms with Crippen LogP contribution in [-0.2, 0) is 0 Å². The molecule has 0 rings (SSSR count). The number of unbranched alkanes of at least 4 members (excludes halogenated alkanes) is 4. The molecule has 4 N–H and O–H groups in total. The van der Waals surface area contributed by atoms with Crippen LogP contribution in [0.5, 0.6) is 0 Å². The lowest BCUT2D eigenvalue weighted by molar-refractivity contribution is 0.111. The van der Waals surface area contributed by atoms with Crippen LogP contribution < -0.4 is 11.5 Å². The molecule has 0 radical (unpaired) electrons. The van der Waals surface area contributed by atoms with Crippen LogP contribution in [-0.4, -0.2) is 156 Å². The van der Waals surface area contributed by atoms with Gasteiger partial charge in [0.2, 0.25) is 0 Å². The van der Waals surface area contributed by atoms with E-state index in [-0.39, 0.29) is 11.1 Å². The highest BCUT2D eigenvalue weighted by atomic mass is 15.2. The molecule has 0 fully saturated rings. The Morgan fingerprint density at radius 2 is 0.458 bits per heavy atom. The van der Waals surface area contributed by atoms with E-state index in [1.807, 2.05) is 0 Å². The Morgan fingerprint density at radius 1 is 0.264 bits per heavy atom. The second-order valence-electron chi connectivity index (χ2n) is 25.4. The smallest absolute Gasteiger partial charge is 0.0336 e. The molecule has 0 saturated heterocycles. The number of nitrogens with two attached hydrogens (primary N) is 2. The van der Waals surface area contributed by atoms with Crippen LogP contribution in [0.1, 0.15) is 269 Å². The molecule has 0 atom stereocenters. The summed E-state index contributed by atoms with van der Waals surface area (Å²) < 4.78 is 0. The minimum atomic E-state index is -0.164. The third-order valence-electron chi connectivity index (χ3n) is 14.3. The van der Waals surface area contributed by atoms with E-state index < -0.39 is 0 Å². The molecule has 8 heteroatoms. The summed E-state index contributed by atoms with van der Waals surface area (Å²) in [7, 11) is 0. The van der Waals surface area contributed by atoms with Gasteiger partial charge in [0.15, 0.2) is 0 Å². The van der Waals surface area contributed by atoms with Gasteiger partial charge in [-0.15, -0.1) is 0 Å². The molecule has 440 valence electrons. The monoisotopic (exact) mass is 1030 g/mol. The third kappa shape index (κ3) is 42.8. The predicted molar refractivity (Wildman–Crippen MR) is 332 cm³/mol. The van der Waals surface area contributed by atoms with Gasteiger partial charge in [-0.2, -0.15) is 0 Å². The average Bonchev–Trinajstić information content (AvgIpc) is 3.27. The molecule has 0 heterocycles. The second-order valence-corrected chi connectivity index (χ2v) is 25.4. The largest absolute Gasteiger partial charge is 0.324 e. The van der Waals surface area contributed by atoms with Gasteiger partial charge in [-0.25, -0.2) is 0 Å². The molecular formula is C64H144N8. The van der Waals surface area contributed by atoms with Crippen molar-refractivity contribution in [2.45, 2.75) is 304 Å². The van der Waals surface area contributed by atoms with E-state index >= 15 is 0 Å². The molecule has 0 amide bonds. The molecule has 0 aliphatic rings. The Labute approximate surface area is 458 Å². The van der Waals surface area contributed by atoms with Crippen molar-refractivity contribution in [2.75, 3.05) is 91.6 Å². The molecule has 0 aromatic carbocycles. The fourth-order valence-corrected chi connectivity index (χ4v) is 10.8. The first kappa shape index (κ1) is 78.2. The lowest BCUT2D eigenvalue weighted by atomic mass is 9.68. The van der Waals surface area contributed by atoms with Crippen LogP contribution in [0.15, 0.2) is 0 Å². The first-order valence-corrected chi connectivity index (χ1v) is 31.7. The van der Waals surface area contributed by atoms with Gasteiger partial charge < -0.3 is 31.1 Å². The van der Waals surface area contributed by atoms with Crippen molar-refractivity contribution in [3.8, 4) is 0 Å². The van der Waals surface area contributed by atoms with E-state index in [0.717, 1.165) is 75.0 Å². The van der Waals surface area contributed by atoms with Crippen molar-refractivity contribution in [2.24, 2.45) is 35.1 Å². The van der Waals surface area contributed by atoms with Crippen molar-refractivity contribution >= 4 is 0 Å². The SMILES string of the molecule is CC(C)CN(CCN(CC(C)C)CC(C)C)CC(C)C.CC(C)N(CCN(C(C)C)C(C)C)C(C)C.CCCC(N)(CCC)C(N)(CCC)CCC.CCCCN(CCCC)CCN(CCCC)CCCC. The molecule has 0 aliphatic carbocycles. The van der Waals surface area contributed by atoms with Crippen LogP contribution in [0.25, 0.3) is 0 Å². The Bertz CT molecular complexity index is 942. The summed E-state index contributed by atoms with van der Waals surface area (Å²) in [6, 6.07) is 2.56. The summed E-state index contributed by atoms with van der Waals surface area (Å²) >= 11 is 0. The minimum absolute atomic E-state index is 0.164. The van der Waals surface area contributed by atoms with Crippen LogP contribution in [0.4, 0.5) is 0 Å². The third-order valence-corrected chi connectivity index (χ3v) is 14.3. The van der Waals surface area contributed by atoms with Gasteiger partial charge in [0.05, 0.1) is 0 Å². The Morgan fingerprint density at radius 3 is 0.611 bits per heavy atom. The molecule has 0 aromatic heterocycles. The topological polar surface area (TPSA) is 71.5 Å². The van der Waals surface area contributed by atoms with Crippen molar-refractivity contribution in [3.05, 3.63) is 0 Å². The van der Waals surface area contributed by atoms with Crippen molar-refractivity contribution in [3.63, 3.8) is 0 Å². The van der Waals surface area contributed by atoms with Crippen molar-refractivity contribution in [1.82, 2.24) is 29.4 Å². The number of hydrogen-bond acceptors (Lipinski definition) is 8. The van der Waals surface area contributed by atoms with Gasteiger partial charge in [-0.1, -0.05) is 162 Å². The normalized spacial score (nSPS) is 12.7. The Kier molecular flexibility index (Phi) is 53.2. The molecule has 0 aliphatic heterocycles. The maximum absolute atomic E-state index is 6.64. The van der Waals surface area contributed by atoms with Crippen LogP contribution >= 0.6 is 0 Å². The Hall–Kier alpha value is -0.320. The number of hydrogen-bond donors (Lipinski definition) is 2. The van der Waals surface area contributed by atoms with E-state index in [9.17, 15) is 0 Å². The average molecular weight is 1030 g/mol. The highest BCUT2D eigenvalue weighted by Gasteiger charge is 2.43. The van der Waals surface area contributed by atoms with Gasteiger partial charge in [0.1, 0.15) is 0 Å². The quantitative estimate of drug-likeness (QED) is 0.0627. The van der Waals surface area contributed by atoms with Crippen molar-refractivity contribution < 1.29 is 0 Å². The summed E-state index contributed by atoms with van der Waals surface area (Å²) in [6.45, 7) is 72.4. The van der Waals surface area contributed by atoms with E-state index in [4.69, 9.17) is 11.5 Å². The second kappa shape index (κ2) is 49.0. The Balaban J connectivity index is -0.000000431. The zero-order chi connectivity index (χ0) is 56.3. The molecule has 72 heavy (non-hydrogen) atoms. The van der Waals surface area contributed by atoms with Gasteiger partial charge in [-0.05, 0) is 157 Å². The maximum atomic E-state index is 6.64. The summed E-state index contributed by atoms with van der Waals surface area (Å²) in [5.41, 5.74) is 13.0. The highest BCUT2D eigenvalue weighted by molar-refractivity contribution is 5.06. The molecule has 0 spiro atoms.